The van der Waals surface area contributed by atoms with Crippen LogP contribution >= 0.6 is 0 Å². The maximum atomic E-state index is 11.1. The third-order valence-corrected chi connectivity index (χ3v) is 2.85. The Morgan fingerprint density at radius 2 is 1.53 bits per heavy atom. The van der Waals surface area contributed by atoms with Crippen LogP contribution in [0.5, 0.6) is 0 Å². The number of rotatable bonds is 12. The minimum absolute atomic E-state index is 0.0987. The number of carbonyl (C=O) groups excluding carboxylic acids is 1. The second-order valence-corrected chi connectivity index (χ2v) is 4.59. The van der Waals surface area contributed by atoms with Crippen LogP contribution in [-0.4, -0.2) is 19.1 Å². The lowest BCUT2D eigenvalue weighted by molar-refractivity contribution is -0.143. The van der Waals surface area contributed by atoms with Gasteiger partial charge in [-0.15, -0.1) is 0 Å². The molecule has 3 nitrogen and oxygen atoms in total. The number of hydrogen-bond acceptors (Lipinski definition) is 3. The average Bonchev–Trinajstić information content (AvgIpc) is 2.34. The van der Waals surface area contributed by atoms with Gasteiger partial charge in [0, 0.05) is 6.42 Å². The zero-order chi connectivity index (χ0) is 12.8. The van der Waals surface area contributed by atoms with E-state index in [1.807, 2.05) is 0 Å². The first-order valence-electron chi connectivity index (χ1n) is 7.17. The molecular weight excluding hydrogens is 214 g/mol. The van der Waals surface area contributed by atoms with Gasteiger partial charge in [-0.05, 0) is 19.4 Å². The lowest BCUT2D eigenvalue weighted by Crippen LogP contribution is -2.08. The highest BCUT2D eigenvalue weighted by Gasteiger charge is 2.00. The van der Waals surface area contributed by atoms with Gasteiger partial charge in [0.15, 0.2) is 0 Å². The number of ether oxygens (including phenoxy) is 1. The number of esters is 1. The molecule has 0 aliphatic heterocycles. The van der Waals surface area contributed by atoms with Gasteiger partial charge in [-0.1, -0.05) is 51.9 Å². The van der Waals surface area contributed by atoms with E-state index in [2.05, 4.69) is 6.92 Å². The molecule has 0 fully saturated rings. The van der Waals surface area contributed by atoms with E-state index < -0.39 is 0 Å². The molecular formula is C14H29NO2. The Hall–Kier alpha value is -0.570. The molecule has 17 heavy (non-hydrogen) atoms. The standard InChI is InChI=1S/C14H29NO2/c1-2-3-4-5-6-7-8-9-13-17-14(16)11-10-12-15/h2-13,15H2,1H3. The molecule has 0 atom stereocenters. The van der Waals surface area contributed by atoms with Gasteiger partial charge >= 0.3 is 5.97 Å². The van der Waals surface area contributed by atoms with Gasteiger partial charge in [0.1, 0.15) is 0 Å². The molecule has 0 aliphatic carbocycles. The van der Waals surface area contributed by atoms with Crippen molar-refractivity contribution >= 4 is 5.97 Å². The Bertz CT molecular complexity index is 172. The SMILES string of the molecule is CCCCCCCCCCOC(=O)CCCN. The number of hydrogen-bond donors (Lipinski definition) is 1. The van der Waals surface area contributed by atoms with Gasteiger partial charge in [-0.3, -0.25) is 4.79 Å². The van der Waals surface area contributed by atoms with E-state index in [-0.39, 0.29) is 5.97 Å². The fourth-order valence-electron chi connectivity index (χ4n) is 1.74. The molecule has 2 N–H and O–H groups in total. The van der Waals surface area contributed by atoms with Crippen LogP contribution in [0.3, 0.4) is 0 Å². The van der Waals surface area contributed by atoms with E-state index in [1.165, 1.54) is 44.9 Å². The second-order valence-electron chi connectivity index (χ2n) is 4.59. The van der Waals surface area contributed by atoms with Crippen LogP contribution in [0, 0.1) is 0 Å². The molecule has 0 saturated carbocycles. The molecule has 0 radical (unpaired) electrons. The van der Waals surface area contributed by atoms with Gasteiger partial charge in [0.05, 0.1) is 6.61 Å². The summed E-state index contributed by atoms with van der Waals surface area (Å²) in [7, 11) is 0. The van der Waals surface area contributed by atoms with Crippen LogP contribution in [0.4, 0.5) is 0 Å². The van der Waals surface area contributed by atoms with Crippen molar-refractivity contribution < 1.29 is 9.53 Å². The zero-order valence-corrected chi connectivity index (χ0v) is 11.4. The summed E-state index contributed by atoms with van der Waals surface area (Å²) in [6.07, 6.45) is 11.3. The lowest BCUT2D eigenvalue weighted by atomic mass is 10.1. The van der Waals surface area contributed by atoms with Crippen LogP contribution in [0.1, 0.15) is 71.1 Å². The molecule has 0 bridgehead atoms. The highest BCUT2D eigenvalue weighted by Crippen LogP contribution is 2.08. The van der Waals surface area contributed by atoms with Crippen molar-refractivity contribution in [1.29, 1.82) is 0 Å². The van der Waals surface area contributed by atoms with Crippen molar-refractivity contribution in [1.82, 2.24) is 0 Å². The van der Waals surface area contributed by atoms with Crippen molar-refractivity contribution in [2.75, 3.05) is 13.2 Å². The fraction of sp³-hybridized carbons (Fsp3) is 0.929. The van der Waals surface area contributed by atoms with Crippen molar-refractivity contribution in [2.24, 2.45) is 5.73 Å². The summed E-state index contributed by atoms with van der Waals surface area (Å²) in [4.78, 5) is 11.1. The molecule has 3 heteroatoms. The van der Waals surface area contributed by atoms with E-state index in [1.54, 1.807) is 0 Å². The monoisotopic (exact) mass is 243 g/mol. The summed E-state index contributed by atoms with van der Waals surface area (Å²) in [5.74, 6) is -0.0987. The van der Waals surface area contributed by atoms with Crippen molar-refractivity contribution in [2.45, 2.75) is 71.1 Å². The highest BCUT2D eigenvalue weighted by atomic mass is 16.5. The van der Waals surface area contributed by atoms with Gasteiger partial charge in [0.25, 0.3) is 0 Å². The van der Waals surface area contributed by atoms with Crippen molar-refractivity contribution in [3.05, 3.63) is 0 Å². The van der Waals surface area contributed by atoms with Crippen LogP contribution in [0.15, 0.2) is 0 Å². The average molecular weight is 243 g/mol. The van der Waals surface area contributed by atoms with E-state index >= 15 is 0 Å². The third-order valence-electron chi connectivity index (χ3n) is 2.85. The maximum absolute atomic E-state index is 11.1. The van der Waals surface area contributed by atoms with Crippen LogP contribution in [-0.2, 0) is 9.53 Å². The lowest BCUT2D eigenvalue weighted by Gasteiger charge is -2.04. The predicted molar refractivity (Wildman–Crippen MR) is 71.9 cm³/mol. The summed E-state index contributed by atoms with van der Waals surface area (Å²) >= 11 is 0. The van der Waals surface area contributed by atoms with Gasteiger partial charge in [-0.25, -0.2) is 0 Å². The molecule has 0 heterocycles. The fourth-order valence-corrected chi connectivity index (χ4v) is 1.74. The molecule has 0 spiro atoms. The first kappa shape index (κ1) is 16.4. The maximum Gasteiger partial charge on any atom is 0.305 e. The Labute approximate surface area is 106 Å². The van der Waals surface area contributed by atoms with E-state index in [4.69, 9.17) is 10.5 Å². The topological polar surface area (TPSA) is 52.3 Å². The Kier molecular flexibility index (Phi) is 13.0. The molecule has 0 aromatic heterocycles. The largest absolute Gasteiger partial charge is 0.466 e. The van der Waals surface area contributed by atoms with Gasteiger partial charge < -0.3 is 10.5 Å². The molecule has 0 aliphatic rings. The minimum atomic E-state index is -0.0987. The summed E-state index contributed by atoms with van der Waals surface area (Å²) in [5.41, 5.74) is 5.31. The number of carbonyl (C=O) groups is 1. The van der Waals surface area contributed by atoms with Gasteiger partial charge in [0.2, 0.25) is 0 Å². The minimum Gasteiger partial charge on any atom is -0.466 e. The van der Waals surface area contributed by atoms with E-state index in [9.17, 15) is 4.79 Å². The summed E-state index contributed by atoms with van der Waals surface area (Å²) in [6.45, 7) is 3.38. The molecule has 102 valence electrons. The molecule has 0 amide bonds. The van der Waals surface area contributed by atoms with E-state index in [0.29, 0.717) is 19.6 Å². The highest BCUT2D eigenvalue weighted by molar-refractivity contribution is 5.69. The summed E-state index contributed by atoms with van der Waals surface area (Å²) < 4.78 is 5.09. The van der Waals surface area contributed by atoms with Crippen molar-refractivity contribution in [3.63, 3.8) is 0 Å². The normalized spacial score (nSPS) is 10.5. The molecule has 0 unspecified atom stereocenters. The molecule has 0 aromatic carbocycles. The quantitative estimate of drug-likeness (QED) is 0.422. The number of unbranched alkanes of at least 4 members (excludes halogenated alkanes) is 7. The second kappa shape index (κ2) is 13.5. The molecule has 0 rings (SSSR count). The predicted octanol–water partition coefficient (Wildman–Crippen LogP) is 3.41. The first-order valence-corrected chi connectivity index (χ1v) is 7.17. The van der Waals surface area contributed by atoms with Crippen molar-refractivity contribution in [3.8, 4) is 0 Å². The van der Waals surface area contributed by atoms with Crippen LogP contribution in [0.25, 0.3) is 0 Å². The Balaban J connectivity index is 3.05. The number of nitrogens with two attached hydrogens (primary N) is 1. The Morgan fingerprint density at radius 3 is 2.12 bits per heavy atom. The first-order chi connectivity index (χ1) is 8.31. The van der Waals surface area contributed by atoms with Crippen LogP contribution < -0.4 is 5.73 Å². The summed E-state index contributed by atoms with van der Waals surface area (Å²) in [6, 6.07) is 0. The smallest absolute Gasteiger partial charge is 0.305 e. The summed E-state index contributed by atoms with van der Waals surface area (Å²) in [5, 5.41) is 0. The zero-order valence-electron chi connectivity index (χ0n) is 11.4. The molecule has 0 saturated heterocycles. The third kappa shape index (κ3) is 13.4. The molecule has 0 aromatic rings. The van der Waals surface area contributed by atoms with Gasteiger partial charge in [-0.2, -0.15) is 0 Å². The Morgan fingerprint density at radius 1 is 0.941 bits per heavy atom. The van der Waals surface area contributed by atoms with Crippen LogP contribution in [0.2, 0.25) is 0 Å². The van der Waals surface area contributed by atoms with E-state index in [0.717, 1.165) is 12.8 Å².